The van der Waals surface area contributed by atoms with E-state index in [9.17, 15) is 14.4 Å². The van der Waals surface area contributed by atoms with E-state index in [1.807, 2.05) is 29.7 Å². The number of carbonyl (C=O) groups is 3. The topological polar surface area (TPSA) is 151 Å². The Balaban J connectivity index is 1.07. The van der Waals surface area contributed by atoms with Crippen molar-refractivity contribution in [1.29, 1.82) is 0 Å². The van der Waals surface area contributed by atoms with Crippen molar-refractivity contribution in [3.63, 3.8) is 0 Å². The molecule has 1 aliphatic heterocycles. The lowest BCUT2D eigenvalue weighted by Gasteiger charge is -2.17. The van der Waals surface area contributed by atoms with Gasteiger partial charge in [0.1, 0.15) is 29.8 Å². The number of likely N-dealkylation sites (N-methyl/N-ethyl adjacent to an activating group) is 1. The van der Waals surface area contributed by atoms with Crippen molar-refractivity contribution in [2.24, 2.45) is 5.92 Å². The zero-order valence-electron chi connectivity index (χ0n) is 23.5. The van der Waals surface area contributed by atoms with Crippen LogP contribution in [0.2, 0.25) is 0 Å². The number of anilines is 3. The quantitative estimate of drug-likeness (QED) is 0.307. The zero-order chi connectivity index (χ0) is 29.1. The van der Waals surface area contributed by atoms with Crippen LogP contribution in [0.25, 0.3) is 5.65 Å². The lowest BCUT2D eigenvalue weighted by Crippen LogP contribution is -2.30. The number of carbonyl (C=O) groups excluding carboxylic acids is 3. The molecule has 0 radical (unpaired) electrons. The molecule has 42 heavy (non-hydrogen) atoms. The highest BCUT2D eigenvalue weighted by molar-refractivity contribution is 6.13. The predicted molar refractivity (Wildman–Crippen MR) is 153 cm³/mol. The standard InChI is InChI=1S/C29H30N10O3/c1-15-6-7-30-26(32-15)20-9-21(20)28(41)36-24-10-23(33-16(2)34-24)31-11-19-13-38-12-18(17-4-5-17)8-22(27(38)35-19)39-14-25(40)37(3)29(39)42/h6-8,10,12-13,17,20-21H,4-5,9,11,14H2,1-3H3,(H2,31,33,34,36,41)/t20-,21-/m0/s1. The molecule has 2 N–H and O–H groups in total. The van der Waals surface area contributed by atoms with Crippen LogP contribution in [0, 0.1) is 19.8 Å². The molecule has 13 heteroatoms. The molecule has 13 nitrogen and oxygen atoms in total. The first-order valence-corrected chi connectivity index (χ1v) is 14.0. The predicted octanol–water partition coefficient (Wildman–Crippen LogP) is 3.16. The van der Waals surface area contributed by atoms with Gasteiger partial charge in [0, 0.05) is 49.2 Å². The molecule has 214 valence electrons. The van der Waals surface area contributed by atoms with Gasteiger partial charge in [-0.05, 0) is 56.7 Å². The second kappa shape index (κ2) is 9.86. The number of hydrogen-bond acceptors (Lipinski definition) is 9. The van der Waals surface area contributed by atoms with Crippen molar-refractivity contribution in [3.05, 3.63) is 65.4 Å². The second-order valence-electron chi connectivity index (χ2n) is 11.3. The van der Waals surface area contributed by atoms with Crippen molar-refractivity contribution in [1.82, 2.24) is 34.2 Å². The first-order valence-electron chi connectivity index (χ1n) is 14.0. The van der Waals surface area contributed by atoms with E-state index < -0.39 is 0 Å². The van der Waals surface area contributed by atoms with E-state index in [-0.39, 0.29) is 36.2 Å². The van der Waals surface area contributed by atoms with E-state index >= 15 is 0 Å². The highest BCUT2D eigenvalue weighted by atomic mass is 16.2. The summed E-state index contributed by atoms with van der Waals surface area (Å²) < 4.78 is 1.93. The Labute approximate surface area is 241 Å². The monoisotopic (exact) mass is 566 g/mol. The van der Waals surface area contributed by atoms with Gasteiger partial charge in [0.25, 0.3) is 0 Å². The summed E-state index contributed by atoms with van der Waals surface area (Å²) >= 11 is 0. The summed E-state index contributed by atoms with van der Waals surface area (Å²) in [6, 6.07) is 5.17. The summed E-state index contributed by atoms with van der Waals surface area (Å²) in [5, 5.41) is 6.20. The van der Waals surface area contributed by atoms with Gasteiger partial charge in [-0.2, -0.15) is 0 Å². The van der Waals surface area contributed by atoms with Crippen LogP contribution in [0.4, 0.5) is 22.1 Å². The summed E-state index contributed by atoms with van der Waals surface area (Å²) in [6.07, 6.45) is 8.60. The van der Waals surface area contributed by atoms with Crippen molar-refractivity contribution in [2.45, 2.75) is 51.5 Å². The second-order valence-corrected chi connectivity index (χ2v) is 11.3. The molecule has 0 bridgehead atoms. The third-order valence-electron chi connectivity index (χ3n) is 7.94. The van der Waals surface area contributed by atoms with Crippen LogP contribution in [0.5, 0.6) is 0 Å². The first kappa shape index (κ1) is 26.0. The lowest BCUT2D eigenvalue weighted by atomic mass is 10.1. The number of nitrogens with zero attached hydrogens (tertiary/aromatic N) is 8. The van der Waals surface area contributed by atoms with Gasteiger partial charge < -0.3 is 15.0 Å². The van der Waals surface area contributed by atoms with Crippen LogP contribution in [-0.2, 0) is 16.1 Å². The number of nitrogens with one attached hydrogen (secondary N) is 2. The largest absolute Gasteiger partial charge is 0.364 e. The molecule has 7 rings (SSSR count). The van der Waals surface area contributed by atoms with Crippen LogP contribution in [0.1, 0.15) is 59.7 Å². The van der Waals surface area contributed by atoms with Gasteiger partial charge in [0.15, 0.2) is 5.65 Å². The highest BCUT2D eigenvalue weighted by Gasteiger charge is 2.46. The number of hydrogen-bond donors (Lipinski definition) is 2. The maximum Gasteiger partial charge on any atom is 0.331 e. The van der Waals surface area contributed by atoms with E-state index in [0.717, 1.165) is 34.7 Å². The Morgan fingerprint density at radius 1 is 1.05 bits per heavy atom. The molecule has 3 aliphatic rings. The molecule has 4 aromatic heterocycles. The van der Waals surface area contributed by atoms with Crippen LogP contribution in [0.3, 0.4) is 0 Å². The minimum absolute atomic E-state index is 0.00607. The van der Waals surface area contributed by atoms with E-state index in [2.05, 4.69) is 36.8 Å². The van der Waals surface area contributed by atoms with Gasteiger partial charge in [-0.3, -0.25) is 19.4 Å². The van der Waals surface area contributed by atoms with E-state index in [1.54, 1.807) is 19.2 Å². The number of aromatic nitrogens is 6. The summed E-state index contributed by atoms with van der Waals surface area (Å²) in [4.78, 5) is 63.0. The number of pyridine rings is 1. The summed E-state index contributed by atoms with van der Waals surface area (Å²) in [5.74, 6) is 2.09. The minimum atomic E-state index is -0.354. The average Bonchev–Trinajstić information content (AvgIpc) is 3.88. The number of urea groups is 1. The van der Waals surface area contributed by atoms with Gasteiger partial charge in [-0.15, -0.1) is 0 Å². The first-order chi connectivity index (χ1) is 20.2. The molecule has 0 aromatic carbocycles. The number of rotatable bonds is 8. The summed E-state index contributed by atoms with van der Waals surface area (Å²) in [5.41, 5.74) is 3.98. The third-order valence-corrected chi connectivity index (χ3v) is 7.94. The smallest absolute Gasteiger partial charge is 0.331 e. The lowest BCUT2D eigenvalue weighted by molar-refractivity contribution is -0.124. The van der Waals surface area contributed by atoms with E-state index in [0.29, 0.717) is 53.5 Å². The molecule has 0 unspecified atom stereocenters. The van der Waals surface area contributed by atoms with Gasteiger partial charge >= 0.3 is 6.03 Å². The number of aryl methyl sites for hydroxylation is 2. The fraction of sp³-hybridized carbons (Fsp3) is 0.379. The molecular formula is C29H30N10O3. The normalized spacial score (nSPS) is 20.0. The number of fused-ring (bicyclic) bond motifs is 1. The van der Waals surface area contributed by atoms with Crippen molar-refractivity contribution < 1.29 is 14.4 Å². The van der Waals surface area contributed by atoms with Gasteiger partial charge in [-0.25, -0.2) is 29.7 Å². The fourth-order valence-electron chi connectivity index (χ4n) is 5.40. The number of amides is 4. The van der Waals surface area contributed by atoms with Crippen LogP contribution >= 0.6 is 0 Å². The van der Waals surface area contributed by atoms with E-state index in [4.69, 9.17) is 4.98 Å². The molecule has 0 spiro atoms. The van der Waals surface area contributed by atoms with Gasteiger partial charge in [0.05, 0.1) is 17.9 Å². The maximum atomic E-state index is 12.9. The molecule has 2 atom stereocenters. The van der Waals surface area contributed by atoms with Gasteiger partial charge in [-0.1, -0.05) is 0 Å². The highest BCUT2D eigenvalue weighted by Crippen LogP contribution is 2.46. The summed E-state index contributed by atoms with van der Waals surface area (Å²) in [7, 11) is 1.50. The van der Waals surface area contributed by atoms with Crippen molar-refractivity contribution >= 4 is 40.8 Å². The van der Waals surface area contributed by atoms with Crippen LogP contribution < -0.4 is 15.5 Å². The summed E-state index contributed by atoms with van der Waals surface area (Å²) in [6.45, 7) is 4.02. The Bertz CT molecular complexity index is 1760. The Hall–Kier alpha value is -4.94. The Kier molecular flexibility index (Phi) is 6.10. The van der Waals surface area contributed by atoms with Gasteiger partial charge in [0.2, 0.25) is 11.8 Å². The van der Waals surface area contributed by atoms with E-state index in [1.165, 1.54) is 11.9 Å². The van der Waals surface area contributed by atoms with Crippen molar-refractivity contribution in [3.8, 4) is 0 Å². The zero-order valence-corrected chi connectivity index (χ0v) is 23.5. The Morgan fingerprint density at radius 2 is 1.86 bits per heavy atom. The average molecular weight is 567 g/mol. The molecular weight excluding hydrogens is 536 g/mol. The maximum absolute atomic E-state index is 12.9. The number of imidazole rings is 1. The fourth-order valence-corrected chi connectivity index (χ4v) is 5.40. The Morgan fingerprint density at radius 3 is 2.60 bits per heavy atom. The molecule has 4 aromatic rings. The van der Waals surface area contributed by atoms with Crippen LogP contribution in [0.15, 0.2) is 36.8 Å². The SMILES string of the molecule is Cc1ccnc([C@H]2C[C@@H]2C(=O)Nc2cc(NCc3cn4cc(C5CC5)cc(N5CC(=O)N(C)C5=O)c4n3)nc(C)n2)n1. The molecule has 3 fully saturated rings. The molecule has 5 heterocycles. The van der Waals surface area contributed by atoms with Crippen LogP contribution in [-0.4, -0.2) is 65.7 Å². The molecule has 2 saturated carbocycles. The molecule has 1 saturated heterocycles. The minimum Gasteiger partial charge on any atom is -0.364 e. The molecule has 4 amide bonds. The number of imide groups is 1. The molecule has 2 aliphatic carbocycles. The third kappa shape index (κ3) is 4.91. The van der Waals surface area contributed by atoms with Crippen molar-refractivity contribution in [2.75, 3.05) is 29.1 Å².